The lowest BCUT2D eigenvalue weighted by Gasteiger charge is -2.42. The molecule has 0 radical (unpaired) electrons. The van der Waals surface area contributed by atoms with Gasteiger partial charge in [0.2, 0.25) is 4.90 Å². The second-order valence-corrected chi connectivity index (χ2v) is 13.5. The van der Waals surface area contributed by atoms with Gasteiger partial charge in [-0.05, 0) is 36.3 Å². The van der Waals surface area contributed by atoms with Crippen LogP contribution in [0.1, 0.15) is 34.6 Å². The van der Waals surface area contributed by atoms with Crippen molar-refractivity contribution >= 4 is 34.0 Å². The molecule has 0 amide bonds. The van der Waals surface area contributed by atoms with Crippen LogP contribution in [0.5, 0.6) is 0 Å². The van der Waals surface area contributed by atoms with Gasteiger partial charge in [-0.1, -0.05) is 45.8 Å². The quantitative estimate of drug-likeness (QED) is 0.197. The first-order chi connectivity index (χ1) is 23.1. The summed E-state index contributed by atoms with van der Waals surface area (Å²) < 4.78 is 93.5. The first-order valence-electron chi connectivity index (χ1n) is 14.8. The molecule has 2 aromatic carbocycles. The van der Waals surface area contributed by atoms with Crippen molar-refractivity contribution in [1.29, 1.82) is 0 Å². The summed E-state index contributed by atoms with van der Waals surface area (Å²) in [7, 11) is -1.53. The number of carbonyl (C=O) groups is 3. The van der Waals surface area contributed by atoms with Crippen LogP contribution in [0.25, 0.3) is 0 Å². The lowest BCUT2D eigenvalue weighted by atomic mass is 9.66. The van der Waals surface area contributed by atoms with E-state index < -0.39 is 69.7 Å². The Morgan fingerprint density at radius 1 is 1.02 bits per heavy atom. The summed E-state index contributed by atoms with van der Waals surface area (Å²) in [5.41, 5.74) is -2.81. The number of sulfonamides is 1. The number of rotatable bonds is 7. The fourth-order valence-electron chi connectivity index (χ4n) is 7.43. The fraction of sp³-hybridized carbons (Fsp3) is 0.333. The van der Waals surface area contributed by atoms with Gasteiger partial charge in [-0.2, -0.15) is 17.5 Å². The molecule has 4 atom stereocenters. The van der Waals surface area contributed by atoms with Gasteiger partial charge in [-0.3, -0.25) is 0 Å². The minimum Gasteiger partial charge on any atom is -0.588 e. The summed E-state index contributed by atoms with van der Waals surface area (Å²) in [5.74, 6) is -3.10. The van der Waals surface area contributed by atoms with E-state index >= 15 is 0 Å². The number of esters is 3. The van der Waals surface area contributed by atoms with Gasteiger partial charge in [0.15, 0.2) is 22.2 Å². The van der Waals surface area contributed by atoms with Crippen LogP contribution in [-0.2, 0) is 61.3 Å². The second kappa shape index (κ2) is 11.9. The van der Waals surface area contributed by atoms with E-state index in [1.807, 2.05) is 0 Å². The monoisotopic (exact) mass is 701 g/mol. The van der Waals surface area contributed by atoms with Crippen LogP contribution in [0.3, 0.4) is 0 Å². The molecule has 2 unspecified atom stereocenters. The van der Waals surface area contributed by atoms with E-state index in [2.05, 4.69) is 5.16 Å². The fourth-order valence-corrected chi connectivity index (χ4v) is 9.40. The van der Waals surface area contributed by atoms with Gasteiger partial charge in [0.25, 0.3) is 0 Å². The largest absolute Gasteiger partial charge is 0.588 e. The Morgan fingerprint density at radius 3 is 2.29 bits per heavy atom. The Morgan fingerprint density at radius 2 is 1.67 bits per heavy atom. The average Bonchev–Trinajstić information content (AvgIpc) is 3.71. The number of nitrogens with zero attached hydrogens (tertiary/aromatic N) is 3. The van der Waals surface area contributed by atoms with Gasteiger partial charge >= 0.3 is 24.1 Å². The first kappa shape index (κ1) is 33.9. The molecular weight excluding hydrogens is 671 g/mol. The van der Waals surface area contributed by atoms with E-state index in [9.17, 15) is 36.3 Å². The van der Waals surface area contributed by atoms with Crippen LogP contribution in [0.15, 0.2) is 80.9 Å². The molecule has 49 heavy (non-hydrogen) atoms. The zero-order valence-electron chi connectivity index (χ0n) is 26.8. The molecule has 6 rings (SSSR count). The van der Waals surface area contributed by atoms with E-state index in [1.54, 1.807) is 24.3 Å². The maximum absolute atomic E-state index is 14.7. The number of hydrogen-bond donors (Lipinski definition) is 0. The molecule has 1 aliphatic carbocycles. The SMILES string of the molecule is COC(=O)C1=C(C(=O)OC)[C@@H]2N(Cc3ccccc3C(F)(F)F)c3ccccc3[C@@]23CC(C(=O)OC)N([S+](=O)([O-])c2c(C)noc2C)C3=C1. The summed E-state index contributed by atoms with van der Waals surface area (Å²) >= 11 is 0. The standard InChI is InChI=1S/C33H30F3N3O9S/c1-17-27(18(2)48-37-17)49(43,44)39-24(30(41)46-4)15-32-22-12-8-9-13-23(22)38(16-19-10-6-7-11-21(19)33(34,35)36)28(32)26(31(42)47-5)20(14-25(32)39)29(40)45-3/h6-14,24,28H,15-16H2,1-5H3/t24?,28-,32+/m0/s1. The summed E-state index contributed by atoms with van der Waals surface area (Å²) in [5, 5.41) is 3.78. The molecule has 258 valence electrons. The van der Waals surface area contributed by atoms with Crippen LogP contribution in [0.2, 0.25) is 0 Å². The number of fused-ring (bicyclic) bond motifs is 1. The van der Waals surface area contributed by atoms with Crippen molar-refractivity contribution < 1.29 is 55.1 Å². The zero-order valence-corrected chi connectivity index (χ0v) is 27.6. The smallest absolute Gasteiger partial charge is 0.416 e. The van der Waals surface area contributed by atoms with Crippen molar-refractivity contribution in [2.45, 2.75) is 55.4 Å². The van der Waals surface area contributed by atoms with E-state index in [0.29, 0.717) is 11.3 Å². The summed E-state index contributed by atoms with van der Waals surface area (Å²) in [6.07, 6.45) is -3.91. The van der Waals surface area contributed by atoms with E-state index in [-0.39, 0.29) is 39.6 Å². The van der Waals surface area contributed by atoms with Gasteiger partial charge in [0.1, 0.15) is 5.69 Å². The van der Waals surface area contributed by atoms with Crippen LogP contribution in [-0.4, -0.2) is 65.3 Å². The lowest BCUT2D eigenvalue weighted by Crippen LogP contribution is -2.51. The third kappa shape index (κ3) is 4.95. The third-order valence-electron chi connectivity index (χ3n) is 9.24. The number of carbonyl (C=O) groups excluding carboxylic acids is 3. The van der Waals surface area contributed by atoms with Crippen LogP contribution < -0.4 is 4.90 Å². The molecule has 0 N–H and O–H groups in total. The Labute approximate surface area is 279 Å². The highest BCUT2D eigenvalue weighted by molar-refractivity contribution is 7.95. The lowest BCUT2D eigenvalue weighted by molar-refractivity contribution is -0.144. The Hall–Kier alpha value is -4.96. The van der Waals surface area contributed by atoms with Crippen LogP contribution in [0, 0.1) is 13.8 Å². The van der Waals surface area contributed by atoms with Gasteiger partial charge in [-0.25, -0.2) is 14.4 Å². The van der Waals surface area contributed by atoms with Crippen LogP contribution in [0.4, 0.5) is 18.9 Å². The maximum Gasteiger partial charge on any atom is 0.416 e. The highest BCUT2D eigenvalue weighted by Gasteiger charge is 2.69. The molecule has 0 bridgehead atoms. The van der Waals surface area contributed by atoms with Crippen molar-refractivity contribution in [3.05, 3.63) is 99.6 Å². The topological polar surface area (TPSA) is 152 Å². The van der Waals surface area contributed by atoms with Crippen molar-refractivity contribution in [2.24, 2.45) is 0 Å². The number of hydrogen-bond acceptors (Lipinski definition) is 11. The average molecular weight is 702 g/mol. The Balaban J connectivity index is 1.71. The molecule has 1 aromatic heterocycles. The molecule has 1 fully saturated rings. The van der Waals surface area contributed by atoms with Gasteiger partial charge < -0.3 is 28.2 Å². The Bertz CT molecular complexity index is 1990. The number of methoxy groups -OCH3 is 3. The van der Waals surface area contributed by atoms with Gasteiger partial charge in [0, 0.05) is 25.6 Å². The number of anilines is 1. The number of alkyl halides is 3. The number of aromatic nitrogens is 1. The molecule has 3 aliphatic rings. The number of aryl methyl sites for hydroxylation is 2. The number of ether oxygens (including phenoxy) is 3. The normalized spacial score (nSPS) is 22.5. The Kier molecular flexibility index (Phi) is 8.22. The molecular formula is C33H30F3N3O9S. The predicted molar refractivity (Wildman–Crippen MR) is 164 cm³/mol. The molecule has 1 saturated heterocycles. The number of halogens is 3. The van der Waals surface area contributed by atoms with Crippen molar-refractivity contribution in [3.8, 4) is 0 Å². The van der Waals surface area contributed by atoms with E-state index in [4.69, 9.17) is 18.7 Å². The minimum atomic E-state index is -4.74. The molecule has 12 nitrogen and oxygen atoms in total. The molecule has 3 aromatic rings. The number of para-hydroxylation sites is 1. The van der Waals surface area contributed by atoms with E-state index in [0.717, 1.165) is 37.8 Å². The van der Waals surface area contributed by atoms with Crippen LogP contribution >= 0.6 is 0 Å². The molecule has 2 aliphatic heterocycles. The van der Waals surface area contributed by atoms with Crippen molar-refractivity contribution in [2.75, 3.05) is 26.2 Å². The molecule has 0 saturated carbocycles. The first-order valence-corrected chi connectivity index (χ1v) is 16.3. The minimum absolute atomic E-state index is 0.00813. The second-order valence-electron chi connectivity index (χ2n) is 11.7. The molecule has 3 heterocycles. The predicted octanol–water partition coefficient (Wildman–Crippen LogP) is 4.33. The van der Waals surface area contributed by atoms with Crippen molar-refractivity contribution in [1.82, 2.24) is 9.46 Å². The summed E-state index contributed by atoms with van der Waals surface area (Å²) in [6, 6.07) is 8.50. The van der Waals surface area contributed by atoms with Gasteiger partial charge in [0.05, 0.1) is 55.2 Å². The zero-order chi connectivity index (χ0) is 35.6. The third-order valence-corrected chi connectivity index (χ3v) is 11.3. The summed E-state index contributed by atoms with van der Waals surface area (Å²) in [6.45, 7) is 2.34. The molecule has 1 spiro atoms. The van der Waals surface area contributed by atoms with Crippen molar-refractivity contribution in [3.63, 3.8) is 0 Å². The van der Waals surface area contributed by atoms with E-state index in [1.165, 1.54) is 36.9 Å². The highest BCUT2D eigenvalue weighted by atomic mass is 32.3. The maximum atomic E-state index is 14.7. The molecule has 16 heteroatoms. The highest BCUT2D eigenvalue weighted by Crippen LogP contribution is 2.63. The van der Waals surface area contributed by atoms with Gasteiger partial charge in [-0.15, -0.1) is 0 Å². The number of benzene rings is 2. The summed E-state index contributed by atoms with van der Waals surface area (Å²) in [4.78, 5) is 42.0.